The Hall–Kier alpha value is -3.41. The molecule has 2 N–H and O–H groups in total. The molecular weight excluding hydrogens is 326 g/mol. The number of aromatic amines is 1. The van der Waals surface area contributed by atoms with Crippen molar-refractivity contribution in [3.05, 3.63) is 83.4 Å². The van der Waals surface area contributed by atoms with Crippen LogP contribution in [-0.4, -0.2) is 36.2 Å². The first-order chi connectivity index (χ1) is 12.6. The fourth-order valence-electron chi connectivity index (χ4n) is 2.46. The number of amides is 1. The lowest BCUT2D eigenvalue weighted by molar-refractivity contribution is 0.0955. The van der Waals surface area contributed by atoms with Crippen LogP contribution >= 0.6 is 0 Å². The SMILES string of the molecule is CN(C)c1ccc(/C=N/NC(=O)c2ccc(Cc3cnc[nH]3)cc2)cc1. The second kappa shape index (κ2) is 8.11. The normalized spacial score (nSPS) is 10.8. The number of hydrogen-bond donors (Lipinski definition) is 2. The summed E-state index contributed by atoms with van der Waals surface area (Å²) in [6.45, 7) is 0. The van der Waals surface area contributed by atoms with Crippen LogP contribution in [0.5, 0.6) is 0 Å². The van der Waals surface area contributed by atoms with Crippen LogP contribution < -0.4 is 10.3 Å². The van der Waals surface area contributed by atoms with Gasteiger partial charge in [-0.3, -0.25) is 4.79 Å². The molecule has 132 valence electrons. The first-order valence-corrected chi connectivity index (χ1v) is 8.29. The van der Waals surface area contributed by atoms with Crippen LogP contribution in [-0.2, 0) is 6.42 Å². The number of nitrogens with zero attached hydrogens (tertiary/aromatic N) is 3. The molecule has 6 nitrogen and oxygen atoms in total. The van der Waals surface area contributed by atoms with E-state index in [2.05, 4.69) is 20.5 Å². The van der Waals surface area contributed by atoms with E-state index in [1.165, 1.54) is 0 Å². The summed E-state index contributed by atoms with van der Waals surface area (Å²) in [4.78, 5) is 21.2. The molecule has 0 fully saturated rings. The smallest absolute Gasteiger partial charge is 0.271 e. The quantitative estimate of drug-likeness (QED) is 0.532. The lowest BCUT2D eigenvalue weighted by Gasteiger charge is -2.11. The molecule has 0 radical (unpaired) electrons. The fraction of sp³-hybridized carbons (Fsp3) is 0.150. The summed E-state index contributed by atoms with van der Waals surface area (Å²) in [5, 5.41) is 4.02. The van der Waals surface area contributed by atoms with E-state index < -0.39 is 0 Å². The Bertz CT molecular complexity index is 866. The molecule has 1 aromatic heterocycles. The largest absolute Gasteiger partial charge is 0.378 e. The number of hydrogen-bond acceptors (Lipinski definition) is 4. The summed E-state index contributed by atoms with van der Waals surface area (Å²) >= 11 is 0. The molecule has 3 aromatic rings. The van der Waals surface area contributed by atoms with E-state index in [0.29, 0.717) is 5.56 Å². The van der Waals surface area contributed by atoms with E-state index in [-0.39, 0.29) is 5.91 Å². The Morgan fingerprint density at radius 2 is 1.88 bits per heavy atom. The van der Waals surface area contributed by atoms with Gasteiger partial charge in [-0.25, -0.2) is 10.4 Å². The molecular formula is C20H21N5O. The maximum absolute atomic E-state index is 12.2. The highest BCUT2D eigenvalue weighted by atomic mass is 16.2. The summed E-state index contributed by atoms with van der Waals surface area (Å²) in [5.41, 5.74) is 7.30. The van der Waals surface area contributed by atoms with E-state index in [4.69, 9.17) is 0 Å². The van der Waals surface area contributed by atoms with Crippen LogP contribution in [0.3, 0.4) is 0 Å². The summed E-state index contributed by atoms with van der Waals surface area (Å²) in [5.74, 6) is -0.237. The molecule has 0 spiro atoms. The Kier molecular flexibility index (Phi) is 5.43. The standard InChI is InChI=1S/C20H21N5O/c1-25(2)19-9-5-16(6-10-19)12-23-24-20(26)17-7-3-15(4-8-17)11-18-13-21-14-22-18/h3-10,12-14H,11H2,1-2H3,(H,21,22)(H,24,26)/b23-12+. The minimum absolute atomic E-state index is 0.237. The topological polar surface area (TPSA) is 73.4 Å². The lowest BCUT2D eigenvalue weighted by atomic mass is 10.1. The van der Waals surface area contributed by atoms with Crippen LogP contribution in [0.2, 0.25) is 0 Å². The van der Waals surface area contributed by atoms with Crippen LogP contribution in [0, 0.1) is 0 Å². The summed E-state index contributed by atoms with van der Waals surface area (Å²) < 4.78 is 0. The molecule has 0 bridgehead atoms. The second-order valence-corrected chi connectivity index (χ2v) is 6.14. The third kappa shape index (κ3) is 4.57. The predicted octanol–water partition coefficient (Wildman–Crippen LogP) is 2.83. The summed E-state index contributed by atoms with van der Waals surface area (Å²) in [6.07, 6.45) is 5.83. The molecule has 3 rings (SSSR count). The van der Waals surface area contributed by atoms with Gasteiger partial charge in [-0.2, -0.15) is 5.10 Å². The van der Waals surface area contributed by atoms with Gasteiger partial charge in [-0.15, -0.1) is 0 Å². The van der Waals surface area contributed by atoms with E-state index in [1.807, 2.05) is 55.4 Å². The van der Waals surface area contributed by atoms with Crippen molar-refractivity contribution in [1.29, 1.82) is 0 Å². The van der Waals surface area contributed by atoms with Gasteiger partial charge in [0, 0.05) is 43.7 Å². The number of hydrazone groups is 1. The number of carbonyl (C=O) groups is 1. The maximum atomic E-state index is 12.2. The third-order valence-electron chi connectivity index (χ3n) is 3.95. The Morgan fingerprint density at radius 3 is 2.50 bits per heavy atom. The fourth-order valence-corrected chi connectivity index (χ4v) is 2.46. The molecule has 2 aromatic carbocycles. The number of carbonyl (C=O) groups excluding carboxylic acids is 1. The highest BCUT2D eigenvalue weighted by molar-refractivity contribution is 5.94. The van der Waals surface area contributed by atoms with Crippen LogP contribution in [0.1, 0.15) is 27.2 Å². The molecule has 0 saturated heterocycles. The minimum atomic E-state index is -0.237. The van der Waals surface area contributed by atoms with Crippen molar-refractivity contribution in [2.75, 3.05) is 19.0 Å². The van der Waals surface area contributed by atoms with E-state index >= 15 is 0 Å². The number of anilines is 1. The van der Waals surface area contributed by atoms with Gasteiger partial charge in [-0.05, 0) is 35.4 Å². The van der Waals surface area contributed by atoms with Gasteiger partial charge in [0.2, 0.25) is 0 Å². The molecule has 0 atom stereocenters. The van der Waals surface area contributed by atoms with E-state index in [1.54, 1.807) is 30.9 Å². The third-order valence-corrected chi connectivity index (χ3v) is 3.95. The Morgan fingerprint density at radius 1 is 1.15 bits per heavy atom. The predicted molar refractivity (Wildman–Crippen MR) is 104 cm³/mol. The van der Waals surface area contributed by atoms with Crippen molar-refractivity contribution in [2.24, 2.45) is 5.10 Å². The van der Waals surface area contributed by atoms with Crippen molar-refractivity contribution >= 4 is 17.8 Å². The zero-order chi connectivity index (χ0) is 18.4. The number of imidazole rings is 1. The van der Waals surface area contributed by atoms with Crippen LogP contribution in [0.15, 0.2) is 66.2 Å². The van der Waals surface area contributed by atoms with E-state index in [9.17, 15) is 4.79 Å². The van der Waals surface area contributed by atoms with Gasteiger partial charge in [0.05, 0.1) is 12.5 Å². The maximum Gasteiger partial charge on any atom is 0.271 e. The molecule has 0 aliphatic carbocycles. The van der Waals surface area contributed by atoms with Gasteiger partial charge in [0.1, 0.15) is 0 Å². The number of nitrogens with one attached hydrogen (secondary N) is 2. The van der Waals surface area contributed by atoms with Crippen LogP contribution in [0.4, 0.5) is 5.69 Å². The zero-order valence-electron chi connectivity index (χ0n) is 14.8. The molecule has 0 saturated carbocycles. The van der Waals surface area contributed by atoms with Gasteiger partial charge < -0.3 is 9.88 Å². The molecule has 0 unspecified atom stereocenters. The molecule has 0 aliphatic heterocycles. The molecule has 6 heteroatoms. The van der Waals surface area contributed by atoms with Gasteiger partial charge in [0.25, 0.3) is 5.91 Å². The molecule has 1 amide bonds. The average Bonchev–Trinajstić information content (AvgIpc) is 3.15. The van der Waals surface area contributed by atoms with E-state index in [0.717, 1.165) is 28.9 Å². The average molecular weight is 347 g/mol. The Labute approximate surface area is 152 Å². The van der Waals surface area contributed by atoms with Crippen molar-refractivity contribution in [2.45, 2.75) is 6.42 Å². The van der Waals surface area contributed by atoms with Gasteiger partial charge >= 0.3 is 0 Å². The number of rotatable bonds is 6. The minimum Gasteiger partial charge on any atom is -0.378 e. The number of aromatic nitrogens is 2. The van der Waals surface area contributed by atoms with Crippen molar-refractivity contribution in [3.8, 4) is 0 Å². The second-order valence-electron chi connectivity index (χ2n) is 6.14. The summed E-state index contributed by atoms with van der Waals surface area (Å²) in [7, 11) is 3.98. The van der Waals surface area contributed by atoms with Crippen molar-refractivity contribution < 1.29 is 4.79 Å². The lowest BCUT2D eigenvalue weighted by Crippen LogP contribution is -2.17. The number of H-pyrrole nitrogens is 1. The number of benzene rings is 2. The monoisotopic (exact) mass is 347 g/mol. The first kappa shape index (κ1) is 17.4. The zero-order valence-corrected chi connectivity index (χ0v) is 14.8. The van der Waals surface area contributed by atoms with Crippen LogP contribution in [0.25, 0.3) is 0 Å². The van der Waals surface area contributed by atoms with Crippen molar-refractivity contribution in [1.82, 2.24) is 15.4 Å². The highest BCUT2D eigenvalue weighted by Crippen LogP contribution is 2.11. The molecule has 0 aliphatic rings. The van der Waals surface area contributed by atoms with Gasteiger partial charge in [-0.1, -0.05) is 24.3 Å². The van der Waals surface area contributed by atoms with Gasteiger partial charge in [0.15, 0.2) is 0 Å². The highest BCUT2D eigenvalue weighted by Gasteiger charge is 2.05. The first-order valence-electron chi connectivity index (χ1n) is 8.29. The summed E-state index contributed by atoms with van der Waals surface area (Å²) in [6, 6.07) is 15.4. The molecule has 1 heterocycles. The molecule has 26 heavy (non-hydrogen) atoms. The Balaban J connectivity index is 1.55. The van der Waals surface area contributed by atoms with Crippen molar-refractivity contribution in [3.63, 3.8) is 0 Å².